The van der Waals surface area contributed by atoms with Gasteiger partial charge in [-0.25, -0.2) is 0 Å². The van der Waals surface area contributed by atoms with Gasteiger partial charge in [0, 0.05) is 30.6 Å². The van der Waals surface area contributed by atoms with Gasteiger partial charge in [0.05, 0.1) is 17.6 Å². The van der Waals surface area contributed by atoms with Gasteiger partial charge < -0.3 is 14.4 Å². The van der Waals surface area contributed by atoms with E-state index in [2.05, 4.69) is 34.1 Å². The summed E-state index contributed by atoms with van der Waals surface area (Å²) >= 11 is 0. The predicted octanol–water partition coefficient (Wildman–Crippen LogP) is 3.86. The first kappa shape index (κ1) is 19.4. The Hall–Kier alpha value is -3.04. The molecule has 33 heavy (non-hydrogen) atoms. The van der Waals surface area contributed by atoms with Crippen molar-refractivity contribution in [1.82, 2.24) is 9.80 Å². The molecular weight excluding hydrogens is 414 g/mol. The van der Waals surface area contributed by atoms with Crippen LogP contribution in [-0.2, 0) is 11.3 Å². The van der Waals surface area contributed by atoms with E-state index in [9.17, 15) is 10.1 Å². The van der Waals surface area contributed by atoms with Crippen LogP contribution in [0.25, 0.3) is 0 Å². The smallest absolute Gasteiger partial charge is 0.231 e. The molecule has 4 heterocycles. The number of nitriles is 1. The number of hydrogen-bond acceptors (Lipinski definition) is 5. The molecule has 7 rings (SSSR count). The fourth-order valence-corrected chi connectivity index (χ4v) is 7.10. The lowest BCUT2D eigenvalue weighted by atomic mass is 9.80. The number of hydrogen-bond donors (Lipinski definition) is 0. The number of benzene rings is 2. The lowest BCUT2D eigenvalue weighted by Crippen LogP contribution is -2.42. The summed E-state index contributed by atoms with van der Waals surface area (Å²) in [6.45, 7) is 1.96. The minimum absolute atomic E-state index is 0.00264. The lowest BCUT2D eigenvalue weighted by Gasteiger charge is -2.33. The van der Waals surface area contributed by atoms with E-state index < -0.39 is 0 Å². The summed E-state index contributed by atoms with van der Waals surface area (Å²) < 4.78 is 11.1. The van der Waals surface area contributed by atoms with Gasteiger partial charge in [0.2, 0.25) is 12.7 Å². The molecule has 4 fully saturated rings. The van der Waals surface area contributed by atoms with Crippen molar-refractivity contribution in [2.45, 2.75) is 50.4 Å². The molecule has 0 spiro atoms. The van der Waals surface area contributed by atoms with Crippen molar-refractivity contribution in [2.75, 3.05) is 13.3 Å². The largest absolute Gasteiger partial charge is 0.454 e. The zero-order valence-electron chi connectivity index (χ0n) is 18.5. The number of amides is 1. The Kier molecular flexibility index (Phi) is 4.26. The molecule has 0 N–H and O–H groups in total. The molecule has 4 aliphatic heterocycles. The second-order valence-corrected chi connectivity index (χ2v) is 10.2. The van der Waals surface area contributed by atoms with Crippen molar-refractivity contribution in [3.63, 3.8) is 0 Å². The van der Waals surface area contributed by atoms with Crippen LogP contribution in [0.5, 0.6) is 11.5 Å². The third kappa shape index (κ3) is 2.92. The van der Waals surface area contributed by atoms with Gasteiger partial charge in [-0.3, -0.25) is 9.69 Å². The highest BCUT2D eigenvalue weighted by Gasteiger charge is 2.64. The number of ether oxygens (including phenoxy) is 2. The van der Waals surface area contributed by atoms with Crippen LogP contribution in [0, 0.1) is 29.1 Å². The molecule has 2 aromatic rings. The monoisotopic (exact) mass is 441 g/mol. The Morgan fingerprint density at radius 1 is 1.03 bits per heavy atom. The molecule has 168 valence electrons. The molecule has 0 aromatic heterocycles. The first-order valence-electron chi connectivity index (χ1n) is 12.2. The molecule has 0 radical (unpaired) electrons. The topological polar surface area (TPSA) is 65.8 Å². The fraction of sp³-hybridized carbons (Fsp3) is 0.481. The Labute approximate surface area is 193 Å². The molecular formula is C27H27N3O3. The van der Waals surface area contributed by atoms with Crippen LogP contribution in [0.2, 0.25) is 0 Å². The maximum Gasteiger partial charge on any atom is 0.231 e. The van der Waals surface area contributed by atoms with Gasteiger partial charge in [-0.15, -0.1) is 0 Å². The standard InChI is InChI=1S/C27H27N3O3/c28-13-16-3-6-18(7-4-16)26-24-23(20-2-1-11-29(20)26)25(19-8-9-19)30(27(24)31)14-17-5-10-21-22(12-17)33-15-32-21/h3-7,10,12,19-20,23-26H,1-2,8-9,11,14-15H2. The Bertz CT molecular complexity index is 1150. The summed E-state index contributed by atoms with van der Waals surface area (Å²) in [4.78, 5) is 18.9. The van der Waals surface area contributed by atoms with Crippen molar-refractivity contribution >= 4 is 5.91 Å². The number of likely N-dealkylation sites (tertiary alicyclic amines) is 1. The third-order valence-electron chi connectivity index (χ3n) is 8.50. The number of nitrogens with zero attached hydrogens (tertiary/aromatic N) is 3. The molecule has 5 unspecified atom stereocenters. The number of fused-ring (bicyclic) bond motifs is 4. The quantitative estimate of drug-likeness (QED) is 0.721. The van der Waals surface area contributed by atoms with Gasteiger partial charge in [0.15, 0.2) is 11.5 Å². The Morgan fingerprint density at radius 2 is 1.85 bits per heavy atom. The highest BCUT2D eigenvalue weighted by atomic mass is 16.7. The summed E-state index contributed by atoms with van der Waals surface area (Å²) in [6.07, 6.45) is 4.84. The SMILES string of the molecule is N#Cc1ccc(C2C3C(=O)N(Cc4ccc5c(c4)OCO5)C(C4CC4)C3C3CCCN32)cc1. The molecule has 1 amide bonds. The van der Waals surface area contributed by atoms with Gasteiger partial charge in [0.1, 0.15) is 0 Å². The van der Waals surface area contributed by atoms with Crippen LogP contribution in [0.1, 0.15) is 48.4 Å². The van der Waals surface area contributed by atoms with E-state index in [0.717, 1.165) is 23.6 Å². The minimum Gasteiger partial charge on any atom is -0.454 e. The van der Waals surface area contributed by atoms with E-state index in [4.69, 9.17) is 9.47 Å². The Morgan fingerprint density at radius 3 is 2.64 bits per heavy atom. The summed E-state index contributed by atoms with van der Waals surface area (Å²) in [5.74, 6) is 2.88. The van der Waals surface area contributed by atoms with Gasteiger partial charge in [-0.1, -0.05) is 18.2 Å². The maximum atomic E-state index is 14.1. The molecule has 2 aromatic carbocycles. The van der Waals surface area contributed by atoms with Crippen molar-refractivity contribution in [3.05, 3.63) is 59.2 Å². The highest BCUT2D eigenvalue weighted by molar-refractivity contribution is 5.84. The van der Waals surface area contributed by atoms with E-state index in [1.54, 1.807) is 0 Å². The van der Waals surface area contributed by atoms with Crippen LogP contribution in [-0.4, -0.2) is 41.1 Å². The number of carbonyl (C=O) groups excluding carboxylic acids is 1. The van der Waals surface area contributed by atoms with E-state index >= 15 is 0 Å². The van der Waals surface area contributed by atoms with Crippen LogP contribution >= 0.6 is 0 Å². The normalized spacial score (nSPS) is 32.2. The van der Waals surface area contributed by atoms with Gasteiger partial charge in [-0.05, 0) is 73.5 Å². The number of rotatable bonds is 4. The molecule has 6 nitrogen and oxygen atoms in total. The van der Waals surface area contributed by atoms with Crippen LogP contribution in [0.3, 0.4) is 0 Å². The van der Waals surface area contributed by atoms with E-state index in [1.807, 2.05) is 24.3 Å². The third-order valence-corrected chi connectivity index (χ3v) is 8.50. The van der Waals surface area contributed by atoms with Crippen molar-refractivity contribution in [3.8, 4) is 17.6 Å². The van der Waals surface area contributed by atoms with Crippen molar-refractivity contribution in [2.24, 2.45) is 17.8 Å². The zero-order valence-corrected chi connectivity index (χ0v) is 18.5. The molecule has 3 saturated heterocycles. The van der Waals surface area contributed by atoms with Crippen LogP contribution in [0.4, 0.5) is 0 Å². The second-order valence-electron chi connectivity index (χ2n) is 10.2. The molecule has 5 aliphatic rings. The first-order chi connectivity index (χ1) is 16.2. The highest BCUT2D eigenvalue weighted by Crippen LogP contribution is 2.59. The maximum absolute atomic E-state index is 14.1. The summed E-state index contributed by atoms with van der Waals surface area (Å²) in [7, 11) is 0. The lowest BCUT2D eigenvalue weighted by molar-refractivity contribution is -0.134. The average molecular weight is 442 g/mol. The van der Waals surface area contributed by atoms with Gasteiger partial charge in [-0.2, -0.15) is 5.26 Å². The number of carbonyl (C=O) groups is 1. The predicted molar refractivity (Wildman–Crippen MR) is 120 cm³/mol. The Balaban J connectivity index is 1.25. The van der Waals surface area contributed by atoms with Gasteiger partial charge in [0.25, 0.3) is 0 Å². The van der Waals surface area contributed by atoms with E-state index in [1.165, 1.54) is 31.2 Å². The summed E-state index contributed by atoms with van der Waals surface area (Å²) in [6, 6.07) is 17.1. The first-order valence-corrected chi connectivity index (χ1v) is 12.2. The summed E-state index contributed by atoms with van der Waals surface area (Å²) in [5, 5.41) is 9.23. The molecule has 1 saturated carbocycles. The van der Waals surface area contributed by atoms with Gasteiger partial charge >= 0.3 is 0 Å². The van der Waals surface area contributed by atoms with Crippen molar-refractivity contribution in [1.29, 1.82) is 5.26 Å². The van der Waals surface area contributed by atoms with E-state index in [0.29, 0.717) is 41.9 Å². The zero-order chi connectivity index (χ0) is 22.1. The van der Waals surface area contributed by atoms with E-state index in [-0.39, 0.29) is 18.8 Å². The van der Waals surface area contributed by atoms with Crippen LogP contribution < -0.4 is 9.47 Å². The second kappa shape index (κ2) is 7.23. The average Bonchev–Trinajstić information content (AvgIpc) is 3.17. The minimum atomic E-state index is 0.00264. The fourth-order valence-electron chi connectivity index (χ4n) is 7.10. The molecule has 1 aliphatic carbocycles. The van der Waals surface area contributed by atoms with Crippen molar-refractivity contribution < 1.29 is 14.3 Å². The molecule has 0 bridgehead atoms. The molecule has 5 atom stereocenters. The molecule has 6 heteroatoms. The summed E-state index contributed by atoms with van der Waals surface area (Å²) in [5.41, 5.74) is 2.96. The van der Waals surface area contributed by atoms with Crippen LogP contribution in [0.15, 0.2) is 42.5 Å².